The van der Waals surface area contributed by atoms with Crippen LogP contribution in [-0.2, 0) is 11.3 Å². The van der Waals surface area contributed by atoms with Crippen LogP contribution in [0, 0.1) is 17.8 Å². The Morgan fingerprint density at radius 2 is 2.26 bits per heavy atom. The Balaban J connectivity index is 1.79. The van der Waals surface area contributed by atoms with E-state index in [0.717, 1.165) is 17.5 Å². The summed E-state index contributed by atoms with van der Waals surface area (Å²) in [6, 6.07) is 0.0969. The van der Waals surface area contributed by atoms with Gasteiger partial charge in [0.25, 0.3) is 0 Å². The minimum Gasteiger partial charge on any atom is -0.383 e. The summed E-state index contributed by atoms with van der Waals surface area (Å²) in [4.78, 5) is 0. The number of halogens is 1. The molecule has 3 unspecified atom stereocenters. The molecule has 0 saturated heterocycles. The second kappa shape index (κ2) is 5.40. The molecular formula is C13H21ClN4O. The molecule has 0 bridgehead atoms. The van der Waals surface area contributed by atoms with Crippen molar-refractivity contribution in [2.24, 2.45) is 23.6 Å². The number of nitrogens with zero attached hydrogens (tertiary/aromatic N) is 2. The lowest BCUT2D eigenvalue weighted by Gasteiger charge is -2.25. The van der Waals surface area contributed by atoms with E-state index in [0.29, 0.717) is 24.1 Å². The van der Waals surface area contributed by atoms with Crippen molar-refractivity contribution in [1.82, 2.24) is 15.2 Å². The molecule has 2 aliphatic carbocycles. The summed E-state index contributed by atoms with van der Waals surface area (Å²) in [5.74, 6) is 8.21. The maximum absolute atomic E-state index is 6.30. The van der Waals surface area contributed by atoms with Crippen LogP contribution in [-0.4, -0.2) is 23.5 Å². The third-order valence-corrected chi connectivity index (χ3v) is 4.86. The Bertz CT molecular complexity index is 440. The van der Waals surface area contributed by atoms with Crippen LogP contribution >= 0.6 is 11.6 Å². The summed E-state index contributed by atoms with van der Waals surface area (Å²) in [5.41, 5.74) is 3.97. The van der Waals surface area contributed by atoms with Crippen LogP contribution in [0.1, 0.15) is 31.0 Å². The lowest BCUT2D eigenvalue weighted by atomic mass is 9.92. The van der Waals surface area contributed by atoms with Gasteiger partial charge < -0.3 is 4.74 Å². The van der Waals surface area contributed by atoms with Crippen molar-refractivity contribution in [1.29, 1.82) is 0 Å². The van der Waals surface area contributed by atoms with Gasteiger partial charge in [0.15, 0.2) is 0 Å². The SMILES string of the molecule is COCCn1ncc(Cl)c1C(NN)C1CC2CC2C1. The van der Waals surface area contributed by atoms with E-state index in [2.05, 4.69) is 10.5 Å². The topological polar surface area (TPSA) is 65.1 Å². The molecule has 3 N–H and O–H groups in total. The number of hydrogen-bond donors (Lipinski definition) is 2. The molecule has 3 atom stereocenters. The Morgan fingerprint density at radius 1 is 1.53 bits per heavy atom. The first-order chi connectivity index (χ1) is 9.24. The van der Waals surface area contributed by atoms with E-state index in [1.807, 2.05) is 4.68 Å². The van der Waals surface area contributed by atoms with Crippen LogP contribution in [0.4, 0.5) is 0 Å². The van der Waals surface area contributed by atoms with E-state index in [9.17, 15) is 0 Å². The summed E-state index contributed by atoms with van der Waals surface area (Å²) in [6.45, 7) is 1.33. The number of rotatable bonds is 6. The van der Waals surface area contributed by atoms with Crippen molar-refractivity contribution < 1.29 is 4.74 Å². The van der Waals surface area contributed by atoms with Crippen molar-refractivity contribution in [3.05, 3.63) is 16.9 Å². The fourth-order valence-electron chi connectivity index (χ4n) is 3.51. The fourth-order valence-corrected chi connectivity index (χ4v) is 3.77. The molecule has 6 heteroatoms. The van der Waals surface area contributed by atoms with Crippen LogP contribution in [0.15, 0.2) is 6.20 Å². The highest BCUT2D eigenvalue weighted by atomic mass is 35.5. The maximum atomic E-state index is 6.30. The smallest absolute Gasteiger partial charge is 0.0834 e. The first-order valence-electron chi connectivity index (χ1n) is 6.90. The maximum Gasteiger partial charge on any atom is 0.0834 e. The van der Waals surface area contributed by atoms with Crippen LogP contribution in [0.25, 0.3) is 0 Å². The number of hydrogen-bond acceptors (Lipinski definition) is 4. The van der Waals surface area contributed by atoms with Gasteiger partial charge in [-0.15, -0.1) is 0 Å². The Hall–Kier alpha value is -0.620. The zero-order chi connectivity index (χ0) is 13.4. The molecule has 3 rings (SSSR count). The quantitative estimate of drug-likeness (QED) is 0.617. The normalized spacial score (nSPS) is 30.4. The standard InChI is InChI=1S/C13H21ClN4O/c1-19-3-2-18-13(11(14)7-16-18)12(17-15)10-5-8-4-9(8)6-10/h7-10,12,17H,2-6,15H2,1H3. The van der Waals surface area contributed by atoms with Gasteiger partial charge in [0, 0.05) is 7.11 Å². The fraction of sp³-hybridized carbons (Fsp3) is 0.769. The van der Waals surface area contributed by atoms with E-state index in [-0.39, 0.29) is 6.04 Å². The molecule has 1 aromatic rings. The van der Waals surface area contributed by atoms with E-state index >= 15 is 0 Å². The van der Waals surface area contributed by atoms with Gasteiger partial charge in [-0.2, -0.15) is 5.10 Å². The molecule has 1 aromatic heterocycles. The number of fused-ring (bicyclic) bond motifs is 1. The predicted octanol–water partition coefficient (Wildman–Crippen LogP) is 1.73. The zero-order valence-electron chi connectivity index (χ0n) is 11.2. The Labute approximate surface area is 118 Å². The third-order valence-electron chi connectivity index (χ3n) is 4.57. The molecule has 0 amide bonds. The lowest BCUT2D eigenvalue weighted by molar-refractivity contribution is 0.180. The summed E-state index contributed by atoms with van der Waals surface area (Å²) < 4.78 is 7.03. The van der Waals surface area contributed by atoms with Gasteiger partial charge in [-0.1, -0.05) is 11.6 Å². The lowest BCUT2D eigenvalue weighted by Crippen LogP contribution is -2.35. The molecule has 2 fully saturated rings. The second-order valence-electron chi connectivity index (χ2n) is 5.73. The molecule has 19 heavy (non-hydrogen) atoms. The molecule has 0 radical (unpaired) electrons. The molecule has 5 nitrogen and oxygen atoms in total. The van der Waals surface area contributed by atoms with Gasteiger partial charge in [-0.25, -0.2) is 0 Å². The minimum absolute atomic E-state index is 0.0969. The monoisotopic (exact) mass is 284 g/mol. The molecule has 1 heterocycles. The first kappa shape index (κ1) is 13.4. The van der Waals surface area contributed by atoms with Gasteiger partial charge in [0.05, 0.1) is 36.1 Å². The summed E-state index contributed by atoms with van der Waals surface area (Å²) >= 11 is 6.30. The number of methoxy groups -OCH3 is 1. The molecule has 106 valence electrons. The van der Waals surface area contributed by atoms with Gasteiger partial charge in [0.1, 0.15) is 0 Å². The molecule has 2 aliphatic rings. The molecule has 0 spiro atoms. The van der Waals surface area contributed by atoms with E-state index < -0.39 is 0 Å². The van der Waals surface area contributed by atoms with Crippen molar-refractivity contribution in [3.63, 3.8) is 0 Å². The van der Waals surface area contributed by atoms with Gasteiger partial charge in [-0.05, 0) is 37.0 Å². The van der Waals surface area contributed by atoms with Crippen molar-refractivity contribution in [3.8, 4) is 0 Å². The number of ether oxygens (including phenoxy) is 1. The molecular weight excluding hydrogens is 264 g/mol. The summed E-state index contributed by atoms with van der Waals surface area (Å²) in [6.07, 6.45) is 5.62. The third kappa shape index (κ3) is 2.52. The first-order valence-corrected chi connectivity index (χ1v) is 7.28. The molecule has 2 saturated carbocycles. The summed E-state index contributed by atoms with van der Waals surface area (Å²) in [5, 5.41) is 5.03. The average Bonchev–Trinajstić information content (AvgIpc) is 2.86. The zero-order valence-corrected chi connectivity index (χ0v) is 11.9. The number of hydrazine groups is 1. The van der Waals surface area contributed by atoms with Crippen molar-refractivity contribution in [2.75, 3.05) is 13.7 Å². The largest absolute Gasteiger partial charge is 0.383 e. The van der Waals surface area contributed by atoms with Crippen LogP contribution < -0.4 is 11.3 Å². The number of nitrogens with two attached hydrogens (primary N) is 1. The minimum atomic E-state index is 0.0969. The molecule has 0 aromatic carbocycles. The predicted molar refractivity (Wildman–Crippen MR) is 73.5 cm³/mol. The second-order valence-corrected chi connectivity index (χ2v) is 6.13. The van der Waals surface area contributed by atoms with Gasteiger partial charge in [-0.3, -0.25) is 16.0 Å². The van der Waals surface area contributed by atoms with Crippen LogP contribution in [0.5, 0.6) is 0 Å². The van der Waals surface area contributed by atoms with E-state index in [1.165, 1.54) is 19.3 Å². The van der Waals surface area contributed by atoms with Gasteiger partial charge in [0.2, 0.25) is 0 Å². The van der Waals surface area contributed by atoms with Crippen LogP contribution in [0.2, 0.25) is 5.02 Å². The summed E-state index contributed by atoms with van der Waals surface area (Å²) in [7, 11) is 1.69. The highest BCUT2D eigenvalue weighted by Gasteiger charge is 2.48. The van der Waals surface area contributed by atoms with E-state index in [4.69, 9.17) is 22.2 Å². The van der Waals surface area contributed by atoms with Crippen molar-refractivity contribution in [2.45, 2.75) is 31.8 Å². The Morgan fingerprint density at radius 3 is 2.89 bits per heavy atom. The highest BCUT2D eigenvalue weighted by Crippen LogP contribution is 2.57. The van der Waals surface area contributed by atoms with Gasteiger partial charge >= 0.3 is 0 Å². The average molecular weight is 285 g/mol. The van der Waals surface area contributed by atoms with Crippen molar-refractivity contribution >= 4 is 11.6 Å². The highest BCUT2D eigenvalue weighted by molar-refractivity contribution is 6.31. The molecule has 0 aliphatic heterocycles. The number of aromatic nitrogens is 2. The number of nitrogens with one attached hydrogen (secondary N) is 1. The van der Waals surface area contributed by atoms with Crippen LogP contribution in [0.3, 0.4) is 0 Å². The Kier molecular flexibility index (Phi) is 3.80. The van der Waals surface area contributed by atoms with E-state index in [1.54, 1.807) is 13.3 Å².